The zero-order valence-corrected chi connectivity index (χ0v) is 11.7. The van der Waals surface area contributed by atoms with Crippen LogP contribution in [0.1, 0.15) is 26.2 Å². The van der Waals surface area contributed by atoms with Gasteiger partial charge in [0, 0.05) is 25.7 Å². The number of anilines is 1. The van der Waals surface area contributed by atoms with Crippen LogP contribution in [0.25, 0.3) is 11.2 Å². The van der Waals surface area contributed by atoms with Gasteiger partial charge < -0.3 is 15.2 Å². The Morgan fingerprint density at radius 1 is 1.55 bits per heavy atom. The minimum Gasteiger partial charge on any atom is -0.341 e. The molecule has 0 aromatic carbocycles. The highest BCUT2D eigenvalue weighted by Crippen LogP contribution is 2.16. The molecule has 2 aromatic heterocycles. The maximum absolute atomic E-state index is 12.3. The van der Waals surface area contributed by atoms with E-state index >= 15 is 0 Å². The Kier molecular flexibility index (Phi) is 3.43. The van der Waals surface area contributed by atoms with E-state index in [1.54, 1.807) is 6.33 Å². The first-order valence-corrected chi connectivity index (χ1v) is 7.14. The monoisotopic (exact) mass is 276 g/mol. The molecule has 0 unspecified atom stereocenters. The second-order valence-electron chi connectivity index (χ2n) is 5.35. The molecule has 3 heterocycles. The lowest BCUT2D eigenvalue weighted by Crippen LogP contribution is -2.44. The predicted octanol–water partition coefficient (Wildman–Crippen LogP) is 0.457. The van der Waals surface area contributed by atoms with Gasteiger partial charge in [-0.1, -0.05) is 6.92 Å². The first-order valence-electron chi connectivity index (χ1n) is 7.14. The molecule has 1 saturated heterocycles. The lowest BCUT2D eigenvalue weighted by molar-refractivity contribution is 0.500. The molecule has 1 fully saturated rings. The number of nitrogens with two attached hydrogens (primary N) is 1. The molecule has 0 bridgehead atoms. The van der Waals surface area contributed by atoms with Crippen LogP contribution in [0.4, 0.5) is 5.95 Å². The van der Waals surface area contributed by atoms with Gasteiger partial charge in [-0.15, -0.1) is 0 Å². The molecule has 3 rings (SSSR count). The largest absolute Gasteiger partial charge is 0.341 e. The second kappa shape index (κ2) is 5.24. The predicted molar refractivity (Wildman–Crippen MR) is 77.9 cm³/mol. The topological polar surface area (TPSA) is 92.8 Å². The van der Waals surface area contributed by atoms with Crippen molar-refractivity contribution in [3.63, 3.8) is 0 Å². The van der Waals surface area contributed by atoms with Gasteiger partial charge in [-0.05, 0) is 19.3 Å². The number of hydrogen-bond donors (Lipinski definition) is 2. The molecule has 7 heteroatoms. The fourth-order valence-electron chi connectivity index (χ4n) is 2.74. The molecular formula is C13H20N6O. The summed E-state index contributed by atoms with van der Waals surface area (Å²) in [5, 5.41) is 0. The Bertz CT molecular complexity index is 660. The SMILES string of the molecule is CCCn1cnc2nc(N3CCC[C@@H](N)C3)[nH]c(=O)c21. The van der Waals surface area contributed by atoms with Gasteiger partial charge in [-0.3, -0.25) is 9.78 Å². The zero-order chi connectivity index (χ0) is 14.1. The number of hydrogen-bond acceptors (Lipinski definition) is 5. The molecule has 0 radical (unpaired) electrons. The summed E-state index contributed by atoms with van der Waals surface area (Å²) in [6, 6.07) is 0.141. The third-order valence-electron chi connectivity index (χ3n) is 3.69. The average molecular weight is 276 g/mol. The molecule has 1 aliphatic rings. The van der Waals surface area contributed by atoms with E-state index in [4.69, 9.17) is 5.73 Å². The number of nitrogens with zero attached hydrogens (tertiary/aromatic N) is 4. The smallest absolute Gasteiger partial charge is 0.278 e. The van der Waals surface area contributed by atoms with E-state index in [1.165, 1.54) is 0 Å². The minimum absolute atomic E-state index is 0.130. The Morgan fingerprint density at radius 3 is 3.15 bits per heavy atom. The van der Waals surface area contributed by atoms with Gasteiger partial charge in [0.2, 0.25) is 5.95 Å². The first-order chi connectivity index (χ1) is 9.69. The van der Waals surface area contributed by atoms with E-state index in [0.717, 1.165) is 38.9 Å². The van der Waals surface area contributed by atoms with Crippen molar-refractivity contribution in [2.75, 3.05) is 18.0 Å². The second-order valence-corrected chi connectivity index (χ2v) is 5.35. The van der Waals surface area contributed by atoms with Crippen LogP contribution in [0.2, 0.25) is 0 Å². The molecule has 0 amide bonds. The maximum atomic E-state index is 12.3. The summed E-state index contributed by atoms with van der Waals surface area (Å²) < 4.78 is 1.85. The van der Waals surface area contributed by atoms with Crippen LogP contribution in [0.15, 0.2) is 11.1 Å². The first kappa shape index (κ1) is 13.1. The van der Waals surface area contributed by atoms with Gasteiger partial charge >= 0.3 is 0 Å². The van der Waals surface area contributed by atoms with E-state index in [9.17, 15) is 4.79 Å². The standard InChI is InChI=1S/C13H20N6O/c1-2-5-19-8-15-11-10(19)12(20)17-13(16-11)18-6-3-4-9(14)7-18/h8-9H,2-7,14H2,1H3,(H,16,17,20)/t9-/m1/s1. The third kappa shape index (κ3) is 2.29. The van der Waals surface area contributed by atoms with E-state index < -0.39 is 0 Å². The molecule has 7 nitrogen and oxygen atoms in total. The van der Waals surface area contributed by atoms with E-state index in [0.29, 0.717) is 17.1 Å². The van der Waals surface area contributed by atoms with Gasteiger partial charge in [0.25, 0.3) is 5.56 Å². The molecule has 0 saturated carbocycles. The van der Waals surface area contributed by atoms with Gasteiger partial charge in [-0.25, -0.2) is 4.98 Å². The van der Waals surface area contributed by atoms with Crippen molar-refractivity contribution >= 4 is 17.1 Å². The quantitative estimate of drug-likeness (QED) is 0.849. The van der Waals surface area contributed by atoms with Crippen molar-refractivity contribution in [1.29, 1.82) is 0 Å². The van der Waals surface area contributed by atoms with Gasteiger partial charge in [0.05, 0.1) is 6.33 Å². The maximum Gasteiger partial charge on any atom is 0.278 e. The lowest BCUT2D eigenvalue weighted by Gasteiger charge is -2.30. The van der Waals surface area contributed by atoms with Crippen molar-refractivity contribution in [3.8, 4) is 0 Å². The van der Waals surface area contributed by atoms with Crippen molar-refractivity contribution < 1.29 is 0 Å². The molecule has 3 N–H and O–H groups in total. The molecule has 0 aliphatic carbocycles. The van der Waals surface area contributed by atoms with E-state index in [1.807, 2.05) is 9.47 Å². The highest BCUT2D eigenvalue weighted by atomic mass is 16.1. The molecule has 1 aliphatic heterocycles. The van der Waals surface area contributed by atoms with Crippen LogP contribution < -0.4 is 16.2 Å². The number of imidazole rings is 1. The van der Waals surface area contributed by atoms with E-state index in [-0.39, 0.29) is 11.6 Å². The summed E-state index contributed by atoms with van der Waals surface area (Å²) in [5.74, 6) is 0.583. The molecule has 1 atom stereocenters. The molecular weight excluding hydrogens is 256 g/mol. The molecule has 20 heavy (non-hydrogen) atoms. The average Bonchev–Trinajstić information content (AvgIpc) is 2.83. The summed E-state index contributed by atoms with van der Waals surface area (Å²) in [6.45, 7) is 4.44. The van der Waals surface area contributed by atoms with Gasteiger partial charge in [0.15, 0.2) is 11.2 Å². The van der Waals surface area contributed by atoms with Crippen LogP contribution in [0.3, 0.4) is 0 Å². The van der Waals surface area contributed by atoms with E-state index in [2.05, 4.69) is 21.9 Å². The number of fused-ring (bicyclic) bond motifs is 1. The Labute approximate surface area is 116 Å². The summed E-state index contributed by atoms with van der Waals surface area (Å²) >= 11 is 0. The van der Waals surface area contributed by atoms with Crippen molar-refractivity contribution in [2.24, 2.45) is 5.73 Å². The van der Waals surface area contributed by atoms with Crippen LogP contribution in [0, 0.1) is 0 Å². The fourth-order valence-corrected chi connectivity index (χ4v) is 2.74. The number of aryl methyl sites for hydroxylation is 1. The van der Waals surface area contributed by atoms with Gasteiger partial charge in [-0.2, -0.15) is 4.98 Å². The number of aromatic amines is 1. The van der Waals surface area contributed by atoms with Crippen molar-refractivity contribution in [1.82, 2.24) is 19.5 Å². The molecule has 108 valence electrons. The van der Waals surface area contributed by atoms with Gasteiger partial charge in [0.1, 0.15) is 0 Å². The molecule has 2 aromatic rings. The highest BCUT2D eigenvalue weighted by Gasteiger charge is 2.20. The summed E-state index contributed by atoms with van der Waals surface area (Å²) in [4.78, 5) is 25.9. The molecule has 0 spiro atoms. The normalized spacial score (nSPS) is 19.7. The summed E-state index contributed by atoms with van der Waals surface area (Å²) in [5.41, 5.74) is 6.91. The minimum atomic E-state index is -0.130. The zero-order valence-electron chi connectivity index (χ0n) is 11.7. The summed E-state index contributed by atoms with van der Waals surface area (Å²) in [6.07, 6.45) is 4.68. The Balaban J connectivity index is 2.00. The third-order valence-corrected chi connectivity index (χ3v) is 3.69. The van der Waals surface area contributed by atoms with Crippen LogP contribution in [0.5, 0.6) is 0 Å². The summed E-state index contributed by atoms with van der Waals surface area (Å²) in [7, 11) is 0. The fraction of sp³-hybridized carbons (Fsp3) is 0.615. The number of H-pyrrole nitrogens is 1. The number of aromatic nitrogens is 4. The Hall–Kier alpha value is -1.89. The van der Waals surface area contributed by atoms with Crippen LogP contribution in [-0.4, -0.2) is 38.7 Å². The van der Waals surface area contributed by atoms with Crippen LogP contribution in [-0.2, 0) is 6.54 Å². The number of piperidine rings is 1. The lowest BCUT2D eigenvalue weighted by atomic mass is 10.1. The van der Waals surface area contributed by atoms with Crippen molar-refractivity contribution in [3.05, 3.63) is 16.7 Å². The number of rotatable bonds is 3. The number of nitrogens with one attached hydrogen (secondary N) is 1. The highest BCUT2D eigenvalue weighted by molar-refractivity contribution is 5.71. The van der Waals surface area contributed by atoms with Crippen LogP contribution >= 0.6 is 0 Å². The Morgan fingerprint density at radius 2 is 2.40 bits per heavy atom. The van der Waals surface area contributed by atoms with Crippen molar-refractivity contribution in [2.45, 2.75) is 38.8 Å².